The Kier molecular flexibility index (Phi) is 8.52. The van der Waals surface area contributed by atoms with Crippen LogP contribution in [0.5, 0.6) is 0 Å². The average Bonchev–Trinajstić information content (AvgIpc) is 3.41. The zero-order chi connectivity index (χ0) is 25.5. The van der Waals surface area contributed by atoms with Crippen LogP contribution >= 0.6 is 23.1 Å². The van der Waals surface area contributed by atoms with Gasteiger partial charge in [0.05, 0.1) is 15.5 Å². The third kappa shape index (κ3) is 6.19. The molecule has 36 heavy (non-hydrogen) atoms. The van der Waals surface area contributed by atoms with E-state index in [9.17, 15) is 18.0 Å². The summed E-state index contributed by atoms with van der Waals surface area (Å²) in [5.41, 5.74) is 2.95. The fourth-order valence-corrected chi connectivity index (χ4v) is 6.28. The number of benzene rings is 1. The maximum Gasteiger partial charge on any atom is 0.285 e. The van der Waals surface area contributed by atoms with Gasteiger partial charge in [-0.05, 0) is 37.1 Å². The molecule has 2 amide bonds. The Bertz CT molecular complexity index is 1340. The fraction of sp³-hybridized carbons (Fsp3) is 0.250. The Morgan fingerprint density at radius 1 is 1.17 bits per heavy atom. The number of hydrazine groups is 1. The van der Waals surface area contributed by atoms with Gasteiger partial charge in [-0.3, -0.25) is 15.0 Å². The van der Waals surface area contributed by atoms with Gasteiger partial charge in [-0.1, -0.05) is 24.3 Å². The molecule has 1 fully saturated rings. The number of thiazole rings is 1. The number of carbonyl (C=O) groups excluding carboxylic acids is 2. The molecule has 1 saturated heterocycles. The first-order valence-corrected chi connectivity index (χ1v) is 14.5. The van der Waals surface area contributed by atoms with E-state index in [1.165, 1.54) is 35.2 Å². The van der Waals surface area contributed by atoms with Crippen LogP contribution in [0.15, 0.2) is 76.6 Å². The highest BCUT2D eigenvalue weighted by atomic mass is 32.2. The van der Waals surface area contributed by atoms with Crippen molar-refractivity contribution in [1.29, 1.82) is 0 Å². The molecule has 0 unspecified atom stereocenters. The quantitative estimate of drug-likeness (QED) is 0.241. The second kappa shape index (κ2) is 11.8. The summed E-state index contributed by atoms with van der Waals surface area (Å²) in [6, 6.07) is 11.3. The van der Waals surface area contributed by atoms with Crippen molar-refractivity contribution in [1.82, 2.24) is 25.1 Å². The Balaban J connectivity index is 1.33. The van der Waals surface area contributed by atoms with Crippen LogP contribution in [-0.4, -0.2) is 53.9 Å². The van der Waals surface area contributed by atoms with E-state index >= 15 is 0 Å². The maximum atomic E-state index is 13.1. The molecule has 0 radical (unpaired) electrons. The lowest BCUT2D eigenvalue weighted by Gasteiger charge is -2.31. The number of likely N-dealkylation sites (tertiary alicyclic amines) is 1. The predicted molar refractivity (Wildman–Crippen MR) is 139 cm³/mol. The van der Waals surface area contributed by atoms with Gasteiger partial charge >= 0.3 is 0 Å². The molecule has 1 aliphatic heterocycles. The van der Waals surface area contributed by atoms with E-state index < -0.39 is 15.9 Å². The van der Waals surface area contributed by atoms with Crippen molar-refractivity contribution in [2.75, 3.05) is 18.8 Å². The van der Waals surface area contributed by atoms with Crippen LogP contribution in [0, 0.1) is 0 Å². The molecule has 12 heteroatoms. The van der Waals surface area contributed by atoms with Gasteiger partial charge in [0.25, 0.3) is 21.8 Å². The van der Waals surface area contributed by atoms with Crippen molar-refractivity contribution in [2.45, 2.75) is 28.7 Å². The molecule has 1 aromatic carbocycles. The number of aromatic nitrogens is 2. The Morgan fingerprint density at radius 2 is 1.92 bits per heavy atom. The van der Waals surface area contributed by atoms with Gasteiger partial charge in [0.2, 0.25) is 0 Å². The molecule has 0 atom stereocenters. The molecule has 2 aromatic heterocycles. The number of nitrogens with zero attached hydrogens (tertiary/aromatic N) is 3. The normalized spacial score (nSPS) is 14.4. The number of piperidine rings is 1. The summed E-state index contributed by atoms with van der Waals surface area (Å²) in [4.78, 5) is 38.3. The van der Waals surface area contributed by atoms with Gasteiger partial charge in [-0.25, -0.2) is 18.4 Å². The second-order valence-electron chi connectivity index (χ2n) is 7.97. The van der Waals surface area contributed by atoms with Crippen molar-refractivity contribution in [2.24, 2.45) is 0 Å². The first-order valence-electron chi connectivity index (χ1n) is 11.2. The lowest BCUT2D eigenvalue weighted by Crippen LogP contribution is -2.41. The summed E-state index contributed by atoms with van der Waals surface area (Å²) in [6.45, 7) is 4.86. The largest absolute Gasteiger partial charge is 0.339 e. The van der Waals surface area contributed by atoms with E-state index in [0.29, 0.717) is 29.4 Å². The summed E-state index contributed by atoms with van der Waals surface area (Å²) >= 11 is 2.84. The van der Waals surface area contributed by atoms with Crippen LogP contribution in [0.3, 0.4) is 0 Å². The standard InChI is InChI=1S/C24H25N5O4S3/c1-2-15-34-23-19(9-6-12-25-23)24(31)29-13-10-17(11-14-29)22-26-20(16-35-22)21(30)27-28-36(32,33)18-7-4-3-5-8-18/h2-9,12,16-17,28H,1,10-11,13-15H2,(H,27,30). The molecule has 188 valence electrons. The summed E-state index contributed by atoms with van der Waals surface area (Å²) < 4.78 is 24.6. The monoisotopic (exact) mass is 543 g/mol. The molecule has 3 aromatic rings. The maximum absolute atomic E-state index is 13.1. The number of thioether (sulfide) groups is 1. The van der Waals surface area contributed by atoms with E-state index in [4.69, 9.17) is 0 Å². The number of hydrogen-bond acceptors (Lipinski definition) is 8. The number of rotatable bonds is 9. The zero-order valence-electron chi connectivity index (χ0n) is 19.3. The molecular formula is C24H25N5O4S3. The van der Waals surface area contributed by atoms with E-state index in [1.807, 2.05) is 4.90 Å². The van der Waals surface area contributed by atoms with Gasteiger partial charge in [-0.15, -0.1) is 34.5 Å². The Morgan fingerprint density at radius 3 is 2.64 bits per heavy atom. The second-order valence-corrected chi connectivity index (χ2v) is 11.5. The van der Waals surface area contributed by atoms with Crippen molar-refractivity contribution >= 4 is 44.9 Å². The van der Waals surface area contributed by atoms with Crippen molar-refractivity contribution < 1.29 is 18.0 Å². The van der Waals surface area contributed by atoms with Gasteiger partial charge in [0.1, 0.15) is 10.7 Å². The number of hydrogen-bond donors (Lipinski definition) is 2. The molecule has 0 saturated carbocycles. The molecule has 9 nitrogen and oxygen atoms in total. The van der Waals surface area contributed by atoms with Crippen molar-refractivity contribution in [3.63, 3.8) is 0 Å². The van der Waals surface area contributed by atoms with Crippen molar-refractivity contribution in [3.05, 3.63) is 83.0 Å². The number of amides is 2. The van der Waals surface area contributed by atoms with Crippen LogP contribution < -0.4 is 10.3 Å². The van der Waals surface area contributed by atoms with Crippen LogP contribution in [0.25, 0.3) is 0 Å². The lowest BCUT2D eigenvalue weighted by molar-refractivity contribution is 0.0708. The minimum absolute atomic E-state index is 0.0435. The molecular weight excluding hydrogens is 518 g/mol. The average molecular weight is 544 g/mol. The molecule has 1 aliphatic rings. The topological polar surface area (TPSA) is 121 Å². The highest BCUT2D eigenvalue weighted by molar-refractivity contribution is 7.99. The number of pyridine rings is 1. The van der Waals surface area contributed by atoms with Gasteiger partial charge < -0.3 is 4.90 Å². The minimum Gasteiger partial charge on any atom is -0.339 e. The molecule has 2 N–H and O–H groups in total. The highest BCUT2D eigenvalue weighted by Gasteiger charge is 2.28. The van der Waals surface area contributed by atoms with E-state index in [0.717, 1.165) is 17.8 Å². The summed E-state index contributed by atoms with van der Waals surface area (Å²) in [5.74, 6) is 0.112. The van der Waals surface area contributed by atoms with Crippen LogP contribution in [0.1, 0.15) is 44.6 Å². The molecule has 3 heterocycles. The predicted octanol–water partition coefficient (Wildman–Crippen LogP) is 3.46. The smallest absolute Gasteiger partial charge is 0.285 e. The molecule has 4 rings (SSSR count). The van der Waals surface area contributed by atoms with Crippen LogP contribution in [-0.2, 0) is 10.0 Å². The van der Waals surface area contributed by atoms with Crippen LogP contribution in [0.4, 0.5) is 0 Å². The first kappa shape index (κ1) is 26.0. The number of nitrogens with one attached hydrogen (secondary N) is 2. The fourth-order valence-electron chi connectivity index (χ4n) is 3.72. The third-order valence-electron chi connectivity index (χ3n) is 5.58. The van der Waals surface area contributed by atoms with Crippen LogP contribution in [0.2, 0.25) is 0 Å². The number of carbonyl (C=O) groups is 2. The van der Waals surface area contributed by atoms with Gasteiger partial charge in [0, 0.05) is 36.3 Å². The SMILES string of the molecule is C=CCSc1ncccc1C(=O)N1CCC(c2nc(C(=O)NNS(=O)(=O)c3ccccc3)cs2)CC1. The van der Waals surface area contributed by atoms with E-state index in [2.05, 4.69) is 26.8 Å². The first-order chi connectivity index (χ1) is 17.4. The molecule has 0 spiro atoms. The van der Waals surface area contributed by atoms with Gasteiger partial charge in [-0.2, -0.15) is 0 Å². The van der Waals surface area contributed by atoms with Gasteiger partial charge in [0.15, 0.2) is 0 Å². The lowest BCUT2D eigenvalue weighted by atomic mass is 9.97. The molecule has 0 aliphatic carbocycles. The Hall–Kier alpha value is -3.06. The Labute approximate surface area is 218 Å². The van der Waals surface area contributed by atoms with E-state index in [-0.39, 0.29) is 22.4 Å². The minimum atomic E-state index is -3.88. The van der Waals surface area contributed by atoms with E-state index in [1.54, 1.807) is 48.0 Å². The van der Waals surface area contributed by atoms with Crippen molar-refractivity contribution in [3.8, 4) is 0 Å². The summed E-state index contributed by atoms with van der Waals surface area (Å²) in [5, 5.41) is 3.10. The summed E-state index contributed by atoms with van der Waals surface area (Å²) in [6.07, 6.45) is 4.89. The number of sulfonamides is 1. The summed E-state index contributed by atoms with van der Waals surface area (Å²) in [7, 11) is -3.88. The zero-order valence-corrected chi connectivity index (χ0v) is 21.7. The molecule has 0 bridgehead atoms. The highest BCUT2D eigenvalue weighted by Crippen LogP contribution is 2.31. The third-order valence-corrected chi connectivity index (χ3v) is 8.85.